The molecular weight excluding hydrogens is 305 g/mol. The van der Waals surface area contributed by atoms with Gasteiger partial charge < -0.3 is 9.64 Å². The van der Waals surface area contributed by atoms with Gasteiger partial charge in [-0.3, -0.25) is 4.79 Å². The highest BCUT2D eigenvalue weighted by Crippen LogP contribution is 2.25. The molecule has 1 amide bonds. The van der Waals surface area contributed by atoms with Crippen molar-refractivity contribution >= 4 is 5.91 Å². The number of amides is 1. The summed E-state index contributed by atoms with van der Waals surface area (Å²) in [7, 11) is 3.19. The average Bonchev–Trinajstić information content (AvgIpc) is 2.60. The first-order valence-corrected chi connectivity index (χ1v) is 8.19. The number of halogens is 1. The summed E-state index contributed by atoms with van der Waals surface area (Å²) in [6.45, 7) is 2.44. The number of ether oxygens (including phenoxy) is 1. The molecule has 0 heterocycles. The molecule has 0 aliphatic carbocycles. The Kier molecular flexibility index (Phi) is 6.36. The summed E-state index contributed by atoms with van der Waals surface area (Å²) in [6.07, 6.45) is 1.72. The van der Waals surface area contributed by atoms with E-state index in [0.29, 0.717) is 6.54 Å². The fourth-order valence-electron chi connectivity index (χ4n) is 2.83. The van der Waals surface area contributed by atoms with Gasteiger partial charge in [0.2, 0.25) is 5.91 Å². The summed E-state index contributed by atoms with van der Waals surface area (Å²) in [4.78, 5) is 14.5. The molecule has 0 saturated carbocycles. The molecule has 2 aromatic carbocycles. The summed E-state index contributed by atoms with van der Waals surface area (Å²) in [5.74, 6) is -0.312. The predicted octanol–water partition coefficient (Wildman–Crippen LogP) is 4.38. The van der Waals surface area contributed by atoms with Crippen molar-refractivity contribution in [2.45, 2.75) is 32.2 Å². The molecule has 0 N–H and O–H groups in total. The van der Waals surface area contributed by atoms with Gasteiger partial charge >= 0.3 is 0 Å². The van der Waals surface area contributed by atoms with Gasteiger partial charge in [-0.15, -0.1) is 0 Å². The Morgan fingerprint density at radius 3 is 2.50 bits per heavy atom. The quantitative estimate of drug-likeness (QED) is 0.754. The van der Waals surface area contributed by atoms with Gasteiger partial charge in [-0.2, -0.15) is 0 Å². The van der Waals surface area contributed by atoms with E-state index in [-0.39, 0.29) is 17.6 Å². The minimum absolute atomic E-state index is 0.0549. The standard InChI is InChI=1S/C20H24FNO2/c1-4-8-17(16-9-6-5-7-10-16)20(23)22(2)14-15-11-12-19(24-3)18(21)13-15/h5-7,9-13,17H,4,8,14H2,1-3H3. The lowest BCUT2D eigenvalue weighted by Crippen LogP contribution is -2.31. The number of nitrogens with zero attached hydrogens (tertiary/aromatic N) is 1. The Morgan fingerprint density at radius 1 is 1.21 bits per heavy atom. The number of carbonyl (C=O) groups is 1. The monoisotopic (exact) mass is 329 g/mol. The summed E-state index contributed by atoms with van der Waals surface area (Å²) in [5.41, 5.74) is 1.77. The molecule has 2 rings (SSSR count). The first-order chi connectivity index (χ1) is 11.6. The Hall–Kier alpha value is -2.36. The van der Waals surface area contributed by atoms with Crippen molar-refractivity contribution in [3.05, 3.63) is 65.5 Å². The third-order valence-corrected chi connectivity index (χ3v) is 4.09. The van der Waals surface area contributed by atoms with Crippen LogP contribution in [0.25, 0.3) is 0 Å². The third kappa shape index (κ3) is 4.34. The highest BCUT2D eigenvalue weighted by molar-refractivity contribution is 5.83. The molecule has 0 aliphatic heterocycles. The van der Waals surface area contributed by atoms with Crippen molar-refractivity contribution in [1.29, 1.82) is 0 Å². The molecule has 1 atom stereocenters. The average molecular weight is 329 g/mol. The SMILES string of the molecule is CCCC(C(=O)N(C)Cc1ccc(OC)c(F)c1)c1ccccc1. The predicted molar refractivity (Wildman–Crippen MR) is 93.5 cm³/mol. The molecule has 3 nitrogen and oxygen atoms in total. The number of carbonyl (C=O) groups excluding carboxylic acids is 1. The summed E-state index contributed by atoms with van der Waals surface area (Å²) >= 11 is 0. The number of rotatable bonds is 7. The number of likely N-dealkylation sites (N-methyl/N-ethyl adjacent to an activating group) is 1. The number of hydrogen-bond acceptors (Lipinski definition) is 2. The van der Waals surface area contributed by atoms with Gasteiger partial charge in [0.05, 0.1) is 13.0 Å². The second kappa shape index (κ2) is 8.48. The molecule has 0 spiro atoms. The molecule has 24 heavy (non-hydrogen) atoms. The second-order valence-electron chi connectivity index (χ2n) is 5.92. The highest BCUT2D eigenvalue weighted by atomic mass is 19.1. The Balaban J connectivity index is 2.13. The number of benzene rings is 2. The summed E-state index contributed by atoms with van der Waals surface area (Å²) in [5, 5.41) is 0. The maximum atomic E-state index is 13.8. The van der Waals surface area contributed by atoms with Gasteiger partial charge in [0.15, 0.2) is 11.6 Å². The topological polar surface area (TPSA) is 29.5 Å². The van der Waals surface area contributed by atoms with Crippen molar-refractivity contribution in [1.82, 2.24) is 4.90 Å². The van der Waals surface area contributed by atoms with Crippen LogP contribution in [0.4, 0.5) is 4.39 Å². The van der Waals surface area contributed by atoms with Crippen LogP contribution in [0, 0.1) is 5.82 Å². The van der Waals surface area contributed by atoms with Crippen LogP contribution >= 0.6 is 0 Å². The fourth-order valence-corrected chi connectivity index (χ4v) is 2.83. The Labute approximate surface area is 143 Å². The molecule has 0 aromatic heterocycles. The van der Waals surface area contributed by atoms with E-state index in [9.17, 15) is 9.18 Å². The Bertz CT molecular complexity index is 673. The van der Waals surface area contributed by atoms with Crippen LogP contribution in [-0.4, -0.2) is 25.0 Å². The zero-order chi connectivity index (χ0) is 17.5. The second-order valence-corrected chi connectivity index (χ2v) is 5.92. The van der Waals surface area contributed by atoms with E-state index in [1.807, 2.05) is 30.3 Å². The maximum Gasteiger partial charge on any atom is 0.230 e. The van der Waals surface area contributed by atoms with Crippen molar-refractivity contribution < 1.29 is 13.9 Å². The zero-order valence-electron chi connectivity index (χ0n) is 14.5. The van der Waals surface area contributed by atoms with Crippen LogP contribution < -0.4 is 4.74 Å². The normalized spacial score (nSPS) is 11.8. The lowest BCUT2D eigenvalue weighted by atomic mass is 9.93. The molecule has 4 heteroatoms. The minimum Gasteiger partial charge on any atom is -0.494 e. The molecule has 0 bridgehead atoms. The van der Waals surface area contributed by atoms with Gasteiger partial charge in [-0.1, -0.05) is 49.7 Å². The van der Waals surface area contributed by atoms with E-state index in [1.54, 1.807) is 24.1 Å². The lowest BCUT2D eigenvalue weighted by molar-refractivity contribution is -0.132. The summed E-state index contributed by atoms with van der Waals surface area (Å²) in [6, 6.07) is 14.6. The maximum absolute atomic E-state index is 13.8. The van der Waals surface area contributed by atoms with Crippen LogP contribution in [0.1, 0.15) is 36.8 Å². The van der Waals surface area contributed by atoms with Gasteiger partial charge in [-0.25, -0.2) is 4.39 Å². The summed E-state index contributed by atoms with van der Waals surface area (Å²) < 4.78 is 18.7. The number of hydrogen-bond donors (Lipinski definition) is 0. The van der Waals surface area contributed by atoms with Gasteiger partial charge in [0, 0.05) is 13.6 Å². The van der Waals surface area contributed by atoms with Crippen LogP contribution in [-0.2, 0) is 11.3 Å². The van der Waals surface area contributed by atoms with Crippen molar-refractivity contribution in [3.8, 4) is 5.75 Å². The van der Waals surface area contributed by atoms with Gasteiger partial charge in [-0.05, 0) is 29.7 Å². The fraction of sp³-hybridized carbons (Fsp3) is 0.350. The highest BCUT2D eigenvalue weighted by Gasteiger charge is 2.23. The van der Waals surface area contributed by atoms with Crippen LogP contribution in [0.5, 0.6) is 5.75 Å². The molecular formula is C20H24FNO2. The van der Waals surface area contributed by atoms with Crippen LogP contribution in [0.3, 0.4) is 0 Å². The van der Waals surface area contributed by atoms with E-state index in [2.05, 4.69) is 6.92 Å². The molecule has 1 unspecified atom stereocenters. The molecule has 0 aliphatic rings. The van der Waals surface area contributed by atoms with Gasteiger partial charge in [0.1, 0.15) is 0 Å². The molecule has 0 radical (unpaired) electrons. The van der Waals surface area contributed by atoms with Crippen LogP contribution in [0.15, 0.2) is 48.5 Å². The van der Waals surface area contributed by atoms with Gasteiger partial charge in [0.25, 0.3) is 0 Å². The molecule has 128 valence electrons. The number of methoxy groups -OCH3 is 1. The largest absolute Gasteiger partial charge is 0.494 e. The molecule has 0 saturated heterocycles. The molecule has 2 aromatic rings. The third-order valence-electron chi connectivity index (χ3n) is 4.09. The van der Waals surface area contributed by atoms with Crippen molar-refractivity contribution in [3.63, 3.8) is 0 Å². The van der Waals surface area contributed by atoms with E-state index in [0.717, 1.165) is 24.0 Å². The lowest BCUT2D eigenvalue weighted by Gasteiger charge is -2.24. The zero-order valence-corrected chi connectivity index (χ0v) is 14.5. The van der Waals surface area contributed by atoms with E-state index < -0.39 is 5.82 Å². The first kappa shape index (κ1) is 18.0. The Morgan fingerprint density at radius 2 is 1.92 bits per heavy atom. The van der Waals surface area contributed by atoms with E-state index in [4.69, 9.17) is 4.74 Å². The van der Waals surface area contributed by atoms with Crippen LogP contribution in [0.2, 0.25) is 0 Å². The van der Waals surface area contributed by atoms with E-state index in [1.165, 1.54) is 13.2 Å². The van der Waals surface area contributed by atoms with Crippen molar-refractivity contribution in [2.24, 2.45) is 0 Å². The molecule has 0 fully saturated rings. The smallest absolute Gasteiger partial charge is 0.230 e. The van der Waals surface area contributed by atoms with Crippen molar-refractivity contribution in [2.75, 3.05) is 14.2 Å². The minimum atomic E-state index is -0.413. The first-order valence-electron chi connectivity index (χ1n) is 8.19. The van der Waals surface area contributed by atoms with E-state index >= 15 is 0 Å².